The van der Waals surface area contributed by atoms with E-state index >= 15 is 0 Å². The van der Waals surface area contributed by atoms with Crippen molar-refractivity contribution in [3.05, 3.63) is 70.9 Å². The van der Waals surface area contributed by atoms with E-state index in [-0.39, 0.29) is 5.91 Å². The normalized spacial score (nSPS) is 14.8. The van der Waals surface area contributed by atoms with E-state index in [1.165, 1.54) is 11.8 Å². The van der Waals surface area contributed by atoms with Crippen LogP contribution in [0.25, 0.3) is 22.6 Å². The van der Waals surface area contributed by atoms with Crippen molar-refractivity contribution >= 4 is 39.3 Å². The van der Waals surface area contributed by atoms with E-state index in [1.54, 1.807) is 4.90 Å². The first-order valence-electron chi connectivity index (χ1n) is 10.3. The fraction of sp³-hybridized carbons (Fsp3) is 0.167. The number of benzene rings is 2. The van der Waals surface area contributed by atoms with Gasteiger partial charge in [-0.3, -0.25) is 9.69 Å². The quantitative estimate of drug-likeness (QED) is 0.298. The van der Waals surface area contributed by atoms with Crippen LogP contribution in [0.15, 0.2) is 74.7 Å². The second-order valence-electron chi connectivity index (χ2n) is 7.27. The number of furan rings is 1. The maximum absolute atomic E-state index is 13.2. The first-order valence-corrected chi connectivity index (χ1v) is 12.3. The fourth-order valence-corrected chi connectivity index (χ4v) is 4.24. The largest absolute Gasteiger partial charge is 0.455 e. The topological polar surface area (TPSA) is 81.4 Å². The number of amides is 1. The molecule has 1 aliphatic rings. The summed E-state index contributed by atoms with van der Waals surface area (Å²) in [5, 5.41) is 9.03. The molecule has 166 valence electrons. The number of halogens is 1. The smallest absolute Gasteiger partial charge is 0.247 e. The van der Waals surface area contributed by atoms with E-state index in [2.05, 4.69) is 31.1 Å². The molecule has 2 aromatic carbocycles. The molecule has 0 aliphatic carbocycles. The third kappa shape index (κ3) is 4.02. The van der Waals surface area contributed by atoms with Crippen molar-refractivity contribution in [2.45, 2.75) is 24.7 Å². The highest BCUT2D eigenvalue weighted by atomic mass is 79.9. The van der Waals surface area contributed by atoms with Crippen LogP contribution < -0.4 is 9.64 Å². The summed E-state index contributed by atoms with van der Waals surface area (Å²) in [5.74, 6) is 1.36. The van der Waals surface area contributed by atoms with Crippen LogP contribution >= 0.6 is 27.7 Å². The van der Waals surface area contributed by atoms with Crippen molar-refractivity contribution in [3.63, 3.8) is 0 Å². The predicted molar refractivity (Wildman–Crippen MR) is 130 cm³/mol. The monoisotopic (exact) mass is 522 g/mol. The van der Waals surface area contributed by atoms with Gasteiger partial charge in [0.05, 0.1) is 5.69 Å². The Morgan fingerprint density at radius 3 is 2.64 bits per heavy atom. The van der Waals surface area contributed by atoms with Gasteiger partial charge in [0.15, 0.2) is 11.5 Å². The molecular weight excluding hydrogens is 504 g/mol. The summed E-state index contributed by atoms with van der Waals surface area (Å²) in [6, 6.07) is 19.1. The summed E-state index contributed by atoms with van der Waals surface area (Å²) < 4.78 is 13.5. The fourth-order valence-electron chi connectivity index (χ4n) is 3.68. The molecule has 3 heterocycles. The zero-order valence-electron chi connectivity index (χ0n) is 17.9. The average Bonchev–Trinajstić information content (AvgIpc) is 3.29. The van der Waals surface area contributed by atoms with Crippen LogP contribution in [0, 0.1) is 0 Å². The summed E-state index contributed by atoms with van der Waals surface area (Å²) in [4.78, 5) is 19.3. The van der Waals surface area contributed by atoms with Crippen molar-refractivity contribution in [2.24, 2.45) is 0 Å². The van der Waals surface area contributed by atoms with Gasteiger partial charge < -0.3 is 9.15 Å². The molecule has 1 amide bonds. The lowest BCUT2D eigenvalue weighted by molar-refractivity contribution is -0.120. The molecule has 0 bridgehead atoms. The number of aromatic nitrogens is 3. The number of nitrogens with zero attached hydrogens (tertiary/aromatic N) is 4. The SMILES string of the molecule is CCC(=O)N1c2ccccc2-c2nnc(SC)nc2O[C@@H]1c1ccc(-c2ccc(Br)cc2)o1. The molecule has 1 aliphatic heterocycles. The van der Waals surface area contributed by atoms with E-state index in [4.69, 9.17) is 9.15 Å². The minimum atomic E-state index is -0.851. The number of ether oxygens (including phenoxy) is 1. The molecule has 4 aromatic rings. The second-order valence-corrected chi connectivity index (χ2v) is 8.95. The molecule has 0 radical (unpaired) electrons. The molecule has 2 aromatic heterocycles. The van der Waals surface area contributed by atoms with Crippen molar-refractivity contribution in [2.75, 3.05) is 11.2 Å². The van der Waals surface area contributed by atoms with Crippen LogP contribution in [0.2, 0.25) is 0 Å². The summed E-state index contributed by atoms with van der Waals surface area (Å²) in [6.45, 7) is 1.82. The van der Waals surface area contributed by atoms with Crippen LogP contribution in [0.5, 0.6) is 5.88 Å². The average molecular weight is 523 g/mol. The summed E-state index contributed by atoms with van der Waals surface area (Å²) in [5.41, 5.74) is 2.80. The predicted octanol–water partition coefficient (Wildman–Crippen LogP) is 6.12. The number of thioether (sulfide) groups is 1. The van der Waals surface area contributed by atoms with Gasteiger partial charge in [-0.15, -0.1) is 10.2 Å². The van der Waals surface area contributed by atoms with Gasteiger partial charge in [0.2, 0.25) is 23.2 Å². The van der Waals surface area contributed by atoms with Crippen molar-refractivity contribution in [1.82, 2.24) is 15.2 Å². The number of fused-ring (bicyclic) bond motifs is 3. The Balaban J connectivity index is 1.67. The van der Waals surface area contributed by atoms with E-state index < -0.39 is 6.23 Å². The lowest BCUT2D eigenvalue weighted by Gasteiger charge is -2.29. The number of para-hydroxylation sites is 1. The Labute approximate surface area is 203 Å². The Morgan fingerprint density at radius 1 is 1.09 bits per heavy atom. The molecule has 9 heteroatoms. The molecule has 7 nitrogen and oxygen atoms in total. The maximum atomic E-state index is 13.2. The number of anilines is 1. The maximum Gasteiger partial charge on any atom is 0.247 e. The number of hydrogen-bond acceptors (Lipinski definition) is 7. The highest BCUT2D eigenvalue weighted by Gasteiger charge is 2.37. The summed E-state index contributed by atoms with van der Waals surface area (Å²) in [6.07, 6.45) is 1.31. The van der Waals surface area contributed by atoms with Gasteiger partial charge in [0.1, 0.15) is 5.76 Å². The molecule has 0 unspecified atom stereocenters. The van der Waals surface area contributed by atoms with Gasteiger partial charge in [-0.1, -0.05) is 64.9 Å². The molecule has 1 atom stereocenters. The highest BCUT2D eigenvalue weighted by Crippen LogP contribution is 2.44. The third-order valence-electron chi connectivity index (χ3n) is 5.26. The minimum absolute atomic E-state index is 0.111. The molecule has 0 spiro atoms. The van der Waals surface area contributed by atoms with Crippen LogP contribution in [0.4, 0.5) is 5.69 Å². The van der Waals surface area contributed by atoms with Crippen LogP contribution in [0.1, 0.15) is 25.3 Å². The molecular formula is C24H19BrN4O3S. The van der Waals surface area contributed by atoms with Gasteiger partial charge in [-0.25, -0.2) is 0 Å². The molecule has 0 saturated carbocycles. The van der Waals surface area contributed by atoms with E-state index in [0.717, 1.165) is 15.6 Å². The zero-order chi connectivity index (χ0) is 22.9. The van der Waals surface area contributed by atoms with Crippen molar-refractivity contribution < 1.29 is 13.9 Å². The molecule has 5 rings (SSSR count). The molecule has 0 N–H and O–H groups in total. The van der Waals surface area contributed by atoms with Crippen LogP contribution in [-0.2, 0) is 4.79 Å². The van der Waals surface area contributed by atoms with Crippen molar-refractivity contribution in [3.8, 4) is 28.5 Å². The van der Waals surface area contributed by atoms with E-state index in [0.29, 0.717) is 40.4 Å². The zero-order valence-corrected chi connectivity index (χ0v) is 20.3. The van der Waals surface area contributed by atoms with Gasteiger partial charge in [0, 0.05) is 22.0 Å². The lowest BCUT2D eigenvalue weighted by atomic mass is 10.1. The highest BCUT2D eigenvalue weighted by molar-refractivity contribution is 9.10. The van der Waals surface area contributed by atoms with E-state index in [1.807, 2.05) is 73.8 Å². The standard InChI is InChI=1S/C24H19BrN4O3S/c1-3-20(30)29-17-7-5-4-6-16(17)21-22(26-24(33-2)28-27-21)32-23(29)19-13-12-18(31-19)14-8-10-15(25)11-9-14/h4-13,23H,3H2,1-2H3/t23-/m1/s1. The van der Waals surface area contributed by atoms with Crippen molar-refractivity contribution in [1.29, 1.82) is 0 Å². The lowest BCUT2D eigenvalue weighted by Crippen LogP contribution is -2.37. The van der Waals surface area contributed by atoms with E-state index in [9.17, 15) is 4.79 Å². The number of carbonyl (C=O) groups is 1. The van der Waals surface area contributed by atoms with Crippen LogP contribution in [-0.4, -0.2) is 27.3 Å². The third-order valence-corrected chi connectivity index (χ3v) is 6.33. The summed E-state index contributed by atoms with van der Waals surface area (Å²) >= 11 is 4.82. The molecule has 0 saturated heterocycles. The van der Waals surface area contributed by atoms with Gasteiger partial charge in [-0.05, 0) is 36.6 Å². The van der Waals surface area contributed by atoms with Crippen LogP contribution in [0.3, 0.4) is 0 Å². The number of rotatable bonds is 4. The number of carbonyl (C=O) groups excluding carboxylic acids is 1. The minimum Gasteiger partial charge on any atom is -0.455 e. The first kappa shape index (κ1) is 21.7. The molecule has 0 fully saturated rings. The van der Waals surface area contributed by atoms with Gasteiger partial charge in [-0.2, -0.15) is 4.98 Å². The van der Waals surface area contributed by atoms with Gasteiger partial charge >= 0.3 is 0 Å². The number of hydrogen-bond donors (Lipinski definition) is 0. The van der Waals surface area contributed by atoms with Gasteiger partial charge in [0.25, 0.3) is 0 Å². The Hall–Kier alpha value is -3.17. The second kappa shape index (κ2) is 8.99. The Kier molecular flexibility index (Phi) is 5.90. The molecule has 33 heavy (non-hydrogen) atoms. The Bertz CT molecular complexity index is 1330. The first-order chi connectivity index (χ1) is 16.1. The summed E-state index contributed by atoms with van der Waals surface area (Å²) in [7, 11) is 0. The Morgan fingerprint density at radius 2 is 1.88 bits per heavy atom.